The zero-order valence-electron chi connectivity index (χ0n) is 18.6. The standard InChI is InChI=1S/C25H25N5O3/c1-15-11-18(16(2)27-19-6-4-3-5-17(19)24(31)32)22-20(12-15)28-21(13-26)23(29-22)30-9-10-33-25(14-30)7-8-25/h3-6,11-12,16,27H,7-10,14H2,1-2H3,(H,31,32)/t16-/m1/s1. The van der Waals surface area contributed by atoms with E-state index < -0.39 is 5.97 Å². The molecule has 1 spiro atoms. The predicted octanol–water partition coefficient (Wildman–Crippen LogP) is 4.05. The van der Waals surface area contributed by atoms with Crippen molar-refractivity contribution in [3.63, 3.8) is 0 Å². The number of ether oxygens (including phenoxy) is 1. The number of carbonyl (C=O) groups is 1. The summed E-state index contributed by atoms with van der Waals surface area (Å²) < 4.78 is 5.93. The number of rotatable bonds is 5. The maximum absolute atomic E-state index is 11.6. The first-order chi connectivity index (χ1) is 15.9. The van der Waals surface area contributed by atoms with Crippen LogP contribution in [0.3, 0.4) is 0 Å². The van der Waals surface area contributed by atoms with Crippen molar-refractivity contribution in [1.82, 2.24) is 9.97 Å². The maximum Gasteiger partial charge on any atom is 0.337 e. The molecule has 2 aliphatic rings. The van der Waals surface area contributed by atoms with Crippen molar-refractivity contribution in [1.29, 1.82) is 5.26 Å². The molecule has 33 heavy (non-hydrogen) atoms. The molecule has 8 heteroatoms. The van der Waals surface area contributed by atoms with Gasteiger partial charge in [0.25, 0.3) is 0 Å². The van der Waals surface area contributed by atoms with Crippen molar-refractivity contribution in [2.75, 3.05) is 29.9 Å². The molecular weight excluding hydrogens is 418 g/mol. The Morgan fingerprint density at radius 3 is 2.82 bits per heavy atom. The first kappa shape index (κ1) is 21.2. The fraction of sp³-hybridized carbons (Fsp3) is 0.360. The lowest BCUT2D eigenvalue weighted by Crippen LogP contribution is -2.44. The molecule has 1 saturated carbocycles. The van der Waals surface area contributed by atoms with Crippen molar-refractivity contribution < 1.29 is 14.6 Å². The van der Waals surface area contributed by atoms with Gasteiger partial charge in [0.05, 0.1) is 34.8 Å². The lowest BCUT2D eigenvalue weighted by Gasteiger charge is -2.34. The fourth-order valence-electron chi connectivity index (χ4n) is 4.52. The number of carboxylic acids is 1. The van der Waals surface area contributed by atoms with Crippen molar-refractivity contribution in [2.45, 2.75) is 38.3 Å². The Labute approximate surface area is 191 Å². The minimum atomic E-state index is -0.985. The molecule has 0 amide bonds. The van der Waals surface area contributed by atoms with Crippen molar-refractivity contribution >= 4 is 28.5 Å². The second kappa shape index (κ2) is 8.01. The van der Waals surface area contributed by atoms with Crippen LogP contribution in [0.1, 0.15) is 53.0 Å². The number of aromatic nitrogens is 2. The van der Waals surface area contributed by atoms with Gasteiger partial charge in [0.2, 0.25) is 0 Å². The Hall–Kier alpha value is -3.70. The van der Waals surface area contributed by atoms with E-state index in [-0.39, 0.29) is 17.2 Å². The molecule has 1 aromatic heterocycles. The lowest BCUT2D eigenvalue weighted by atomic mass is 10.0. The van der Waals surface area contributed by atoms with Gasteiger partial charge in [-0.1, -0.05) is 18.2 Å². The summed E-state index contributed by atoms with van der Waals surface area (Å²) in [6, 6.07) is 12.8. The van der Waals surface area contributed by atoms with Gasteiger partial charge >= 0.3 is 5.97 Å². The molecule has 1 aliphatic carbocycles. The maximum atomic E-state index is 11.6. The van der Waals surface area contributed by atoms with Crippen LogP contribution >= 0.6 is 0 Å². The summed E-state index contributed by atoms with van der Waals surface area (Å²) in [5, 5.41) is 22.7. The van der Waals surface area contributed by atoms with Gasteiger partial charge in [-0.3, -0.25) is 0 Å². The van der Waals surface area contributed by atoms with Crippen LogP contribution in [0.15, 0.2) is 36.4 Å². The summed E-state index contributed by atoms with van der Waals surface area (Å²) in [4.78, 5) is 23.4. The van der Waals surface area contributed by atoms with Gasteiger partial charge in [-0.15, -0.1) is 0 Å². The topological polar surface area (TPSA) is 111 Å². The van der Waals surface area contributed by atoms with Gasteiger partial charge in [0.1, 0.15) is 6.07 Å². The quantitative estimate of drug-likeness (QED) is 0.607. The number of hydrogen-bond donors (Lipinski definition) is 2. The average molecular weight is 444 g/mol. The van der Waals surface area contributed by atoms with E-state index in [4.69, 9.17) is 9.72 Å². The SMILES string of the molecule is Cc1cc([C@@H](C)Nc2ccccc2C(=O)O)c2nc(N3CCOC4(CC4)C3)c(C#N)nc2c1. The third-order valence-corrected chi connectivity index (χ3v) is 6.38. The minimum absolute atomic E-state index is 0.104. The molecule has 0 radical (unpaired) electrons. The van der Waals surface area contributed by atoms with E-state index in [2.05, 4.69) is 21.3 Å². The minimum Gasteiger partial charge on any atom is -0.478 e. The van der Waals surface area contributed by atoms with E-state index in [0.717, 1.165) is 24.0 Å². The molecule has 1 aliphatic heterocycles. The number of aromatic carboxylic acids is 1. The molecule has 0 bridgehead atoms. The number of anilines is 2. The number of nitriles is 1. The van der Waals surface area contributed by atoms with Crippen LogP contribution in [0.25, 0.3) is 11.0 Å². The molecular formula is C25H25N5O3. The first-order valence-corrected chi connectivity index (χ1v) is 11.1. The van der Waals surface area contributed by atoms with Crippen LogP contribution in [0.4, 0.5) is 11.5 Å². The number of nitrogens with zero attached hydrogens (tertiary/aromatic N) is 4. The van der Waals surface area contributed by atoms with Crippen molar-refractivity contribution in [3.8, 4) is 6.07 Å². The Morgan fingerprint density at radius 1 is 1.30 bits per heavy atom. The second-order valence-corrected chi connectivity index (χ2v) is 8.90. The smallest absolute Gasteiger partial charge is 0.337 e. The molecule has 8 nitrogen and oxygen atoms in total. The van der Waals surface area contributed by atoms with Crippen LogP contribution in [0.5, 0.6) is 0 Å². The van der Waals surface area contributed by atoms with E-state index in [0.29, 0.717) is 47.9 Å². The molecule has 168 valence electrons. The molecule has 2 aromatic carbocycles. The van der Waals surface area contributed by atoms with E-state index in [1.807, 2.05) is 26.0 Å². The number of para-hydroxylation sites is 1. The molecule has 0 unspecified atom stereocenters. The summed E-state index contributed by atoms with van der Waals surface area (Å²) in [6.45, 7) is 5.93. The number of fused-ring (bicyclic) bond motifs is 1. The summed E-state index contributed by atoms with van der Waals surface area (Å²) in [5.74, 6) is -0.399. The van der Waals surface area contributed by atoms with Crippen molar-refractivity contribution in [2.24, 2.45) is 0 Å². The molecule has 2 fully saturated rings. The first-order valence-electron chi connectivity index (χ1n) is 11.1. The normalized spacial score (nSPS) is 17.5. The molecule has 2 N–H and O–H groups in total. The van der Waals surface area contributed by atoms with Gasteiger partial charge in [0.15, 0.2) is 11.5 Å². The largest absolute Gasteiger partial charge is 0.478 e. The van der Waals surface area contributed by atoms with Gasteiger partial charge in [-0.05, 0) is 50.5 Å². The number of carboxylic acid groups (broad SMARTS) is 1. The molecule has 5 rings (SSSR count). The number of benzene rings is 2. The van der Waals surface area contributed by atoms with Crippen LogP contribution in [0.2, 0.25) is 0 Å². The summed E-state index contributed by atoms with van der Waals surface area (Å²) in [7, 11) is 0. The Bertz CT molecular complexity index is 1300. The number of hydrogen-bond acceptors (Lipinski definition) is 7. The van der Waals surface area contributed by atoms with Gasteiger partial charge < -0.3 is 20.1 Å². The summed E-state index contributed by atoms with van der Waals surface area (Å²) in [5.41, 5.74) is 4.21. The van der Waals surface area contributed by atoms with E-state index in [1.165, 1.54) is 0 Å². The summed E-state index contributed by atoms with van der Waals surface area (Å²) in [6.07, 6.45) is 2.06. The fourth-order valence-corrected chi connectivity index (χ4v) is 4.52. The monoisotopic (exact) mass is 443 g/mol. The highest BCUT2D eigenvalue weighted by atomic mass is 16.5. The van der Waals surface area contributed by atoms with Crippen LogP contribution in [0, 0.1) is 18.3 Å². The van der Waals surface area contributed by atoms with E-state index in [9.17, 15) is 15.2 Å². The van der Waals surface area contributed by atoms with Crippen molar-refractivity contribution in [3.05, 3.63) is 58.8 Å². The van der Waals surface area contributed by atoms with Crippen LogP contribution in [-0.2, 0) is 4.74 Å². The lowest BCUT2D eigenvalue weighted by molar-refractivity contribution is 0.0203. The van der Waals surface area contributed by atoms with Gasteiger partial charge in [-0.2, -0.15) is 5.26 Å². The Kier molecular flexibility index (Phi) is 5.14. The molecule has 1 saturated heterocycles. The zero-order valence-corrected chi connectivity index (χ0v) is 18.6. The summed E-state index contributed by atoms with van der Waals surface area (Å²) >= 11 is 0. The second-order valence-electron chi connectivity index (χ2n) is 8.90. The average Bonchev–Trinajstić information content (AvgIpc) is 3.55. The number of nitrogens with one attached hydrogen (secondary N) is 1. The van der Waals surface area contributed by atoms with Gasteiger partial charge in [0, 0.05) is 24.3 Å². The van der Waals surface area contributed by atoms with Crippen LogP contribution < -0.4 is 10.2 Å². The highest BCUT2D eigenvalue weighted by molar-refractivity contribution is 5.94. The predicted molar refractivity (Wildman–Crippen MR) is 125 cm³/mol. The number of aryl methyl sites for hydroxylation is 1. The third-order valence-electron chi connectivity index (χ3n) is 6.38. The molecule has 3 aromatic rings. The zero-order chi connectivity index (χ0) is 23.2. The van der Waals surface area contributed by atoms with Crippen LogP contribution in [-0.4, -0.2) is 46.3 Å². The Morgan fingerprint density at radius 2 is 2.09 bits per heavy atom. The highest BCUT2D eigenvalue weighted by Crippen LogP contribution is 2.43. The van der Waals surface area contributed by atoms with Gasteiger partial charge in [-0.25, -0.2) is 14.8 Å². The molecule has 1 atom stereocenters. The van der Waals surface area contributed by atoms with E-state index in [1.54, 1.807) is 24.3 Å². The number of morpholine rings is 1. The highest BCUT2D eigenvalue weighted by Gasteiger charge is 2.48. The Balaban J connectivity index is 1.57. The van der Waals surface area contributed by atoms with E-state index >= 15 is 0 Å². The molecule has 2 heterocycles. The third kappa shape index (κ3) is 3.96.